The Morgan fingerprint density at radius 3 is 3.12 bits per heavy atom. The second-order valence-corrected chi connectivity index (χ2v) is 4.29. The van der Waals surface area contributed by atoms with Gasteiger partial charge in [-0.2, -0.15) is 16.7 Å². The van der Waals surface area contributed by atoms with Crippen molar-refractivity contribution in [1.29, 1.82) is 0 Å². The molecule has 2 heterocycles. The van der Waals surface area contributed by atoms with Crippen LogP contribution in [-0.4, -0.2) is 22.4 Å². The molecule has 2 aromatic rings. The minimum atomic E-state index is 0.430. The number of hydrogen-bond acceptors (Lipinski definition) is 6. The van der Waals surface area contributed by atoms with E-state index in [1.807, 2.05) is 0 Å². The smallest absolute Gasteiger partial charge is 0.293 e. The van der Waals surface area contributed by atoms with Gasteiger partial charge in [-0.3, -0.25) is 0 Å². The zero-order valence-electron chi connectivity index (χ0n) is 8.76. The van der Waals surface area contributed by atoms with Crippen LogP contribution in [0.15, 0.2) is 27.3 Å². The molecule has 0 spiro atoms. The summed E-state index contributed by atoms with van der Waals surface area (Å²) >= 11 is 1.75. The molecule has 0 fully saturated rings. The first kappa shape index (κ1) is 11.2. The SMILES string of the molecule is NCCCSCc1noc(-c2ccco2)n1. The summed E-state index contributed by atoms with van der Waals surface area (Å²) < 4.78 is 10.2. The van der Waals surface area contributed by atoms with Crippen LogP contribution in [0, 0.1) is 0 Å². The monoisotopic (exact) mass is 239 g/mol. The second-order valence-electron chi connectivity index (χ2n) is 3.19. The Kier molecular flexibility index (Phi) is 4.01. The zero-order chi connectivity index (χ0) is 11.2. The Morgan fingerprint density at radius 1 is 1.44 bits per heavy atom. The fourth-order valence-electron chi connectivity index (χ4n) is 1.16. The van der Waals surface area contributed by atoms with E-state index in [9.17, 15) is 0 Å². The lowest BCUT2D eigenvalue weighted by molar-refractivity contribution is 0.411. The summed E-state index contributed by atoms with van der Waals surface area (Å²) in [6, 6.07) is 3.58. The maximum atomic E-state index is 5.40. The number of furan rings is 1. The van der Waals surface area contributed by atoms with E-state index in [1.165, 1.54) is 0 Å². The molecule has 0 bridgehead atoms. The molecule has 2 rings (SSSR count). The van der Waals surface area contributed by atoms with Crippen LogP contribution in [-0.2, 0) is 5.75 Å². The first-order valence-corrected chi connectivity index (χ1v) is 6.20. The van der Waals surface area contributed by atoms with Crippen molar-refractivity contribution < 1.29 is 8.94 Å². The number of nitrogens with zero attached hydrogens (tertiary/aromatic N) is 2. The van der Waals surface area contributed by atoms with E-state index in [4.69, 9.17) is 14.7 Å². The van der Waals surface area contributed by atoms with Crippen molar-refractivity contribution in [2.24, 2.45) is 5.73 Å². The first-order chi connectivity index (χ1) is 7.90. The molecule has 5 nitrogen and oxygen atoms in total. The molecule has 0 saturated carbocycles. The number of hydrogen-bond donors (Lipinski definition) is 1. The fourth-order valence-corrected chi connectivity index (χ4v) is 1.98. The van der Waals surface area contributed by atoms with Crippen molar-refractivity contribution in [1.82, 2.24) is 10.1 Å². The number of thioether (sulfide) groups is 1. The third kappa shape index (κ3) is 2.86. The predicted octanol–water partition coefficient (Wildman–Crippen LogP) is 1.91. The molecule has 0 aromatic carbocycles. The third-order valence-corrected chi connectivity index (χ3v) is 2.96. The van der Waals surface area contributed by atoms with E-state index in [0.717, 1.165) is 24.5 Å². The molecule has 0 atom stereocenters. The highest BCUT2D eigenvalue weighted by molar-refractivity contribution is 7.98. The number of aromatic nitrogens is 2. The van der Waals surface area contributed by atoms with Gasteiger partial charge in [-0.05, 0) is 30.9 Å². The lowest BCUT2D eigenvalue weighted by Gasteiger charge is -1.94. The highest BCUT2D eigenvalue weighted by Gasteiger charge is 2.10. The molecule has 2 N–H and O–H groups in total. The summed E-state index contributed by atoms with van der Waals surface area (Å²) in [4.78, 5) is 4.23. The number of nitrogens with two attached hydrogens (primary N) is 1. The molecule has 0 radical (unpaired) electrons. The van der Waals surface area contributed by atoms with Gasteiger partial charge in [0.1, 0.15) is 0 Å². The fraction of sp³-hybridized carbons (Fsp3) is 0.400. The van der Waals surface area contributed by atoms with Crippen LogP contribution in [0.1, 0.15) is 12.2 Å². The van der Waals surface area contributed by atoms with Gasteiger partial charge in [-0.15, -0.1) is 0 Å². The van der Waals surface area contributed by atoms with E-state index in [-0.39, 0.29) is 0 Å². The highest BCUT2D eigenvalue weighted by atomic mass is 32.2. The lowest BCUT2D eigenvalue weighted by Crippen LogP contribution is -1.99. The number of rotatable bonds is 6. The molecular formula is C10H13N3O2S. The van der Waals surface area contributed by atoms with Gasteiger partial charge >= 0.3 is 0 Å². The second kappa shape index (κ2) is 5.72. The van der Waals surface area contributed by atoms with Gasteiger partial charge in [0, 0.05) is 0 Å². The van der Waals surface area contributed by atoms with Crippen LogP contribution in [0.5, 0.6) is 0 Å². The van der Waals surface area contributed by atoms with E-state index >= 15 is 0 Å². The lowest BCUT2D eigenvalue weighted by atomic mass is 10.4. The van der Waals surface area contributed by atoms with Gasteiger partial charge in [-0.1, -0.05) is 5.16 Å². The van der Waals surface area contributed by atoms with E-state index in [2.05, 4.69) is 10.1 Å². The molecule has 0 aliphatic carbocycles. The van der Waals surface area contributed by atoms with Crippen molar-refractivity contribution in [3.8, 4) is 11.7 Å². The van der Waals surface area contributed by atoms with Crippen molar-refractivity contribution in [3.63, 3.8) is 0 Å². The van der Waals surface area contributed by atoms with Gasteiger partial charge in [0.15, 0.2) is 11.6 Å². The van der Waals surface area contributed by atoms with Gasteiger partial charge in [-0.25, -0.2) is 0 Å². The summed E-state index contributed by atoms with van der Waals surface area (Å²) in [5, 5.41) is 3.87. The first-order valence-electron chi connectivity index (χ1n) is 5.04. The van der Waals surface area contributed by atoms with E-state index < -0.39 is 0 Å². The van der Waals surface area contributed by atoms with E-state index in [1.54, 1.807) is 30.2 Å². The Balaban J connectivity index is 1.88. The summed E-state index contributed by atoms with van der Waals surface area (Å²) in [6.07, 6.45) is 2.59. The summed E-state index contributed by atoms with van der Waals surface area (Å²) in [5.41, 5.74) is 5.40. The Labute approximate surface area is 97.4 Å². The molecule has 0 aliphatic heterocycles. The van der Waals surface area contributed by atoms with Gasteiger partial charge in [0.05, 0.1) is 12.0 Å². The van der Waals surface area contributed by atoms with Gasteiger partial charge in [0.2, 0.25) is 0 Å². The molecule has 0 unspecified atom stereocenters. The molecule has 6 heteroatoms. The molecular weight excluding hydrogens is 226 g/mol. The predicted molar refractivity (Wildman–Crippen MR) is 61.8 cm³/mol. The Hall–Kier alpha value is -1.27. The molecule has 2 aromatic heterocycles. The quantitative estimate of drug-likeness (QED) is 0.776. The normalized spacial score (nSPS) is 10.8. The van der Waals surface area contributed by atoms with Crippen molar-refractivity contribution >= 4 is 11.8 Å². The average molecular weight is 239 g/mol. The van der Waals surface area contributed by atoms with Gasteiger partial charge < -0.3 is 14.7 Å². The van der Waals surface area contributed by atoms with Gasteiger partial charge in [0.25, 0.3) is 5.89 Å². The minimum Gasteiger partial charge on any atom is -0.459 e. The molecule has 0 saturated heterocycles. The van der Waals surface area contributed by atoms with Crippen LogP contribution in [0.25, 0.3) is 11.7 Å². The molecule has 0 amide bonds. The maximum Gasteiger partial charge on any atom is 0.293 e. The topological polar surface area (TPSA) is 78.1 Å². The van der Waals surface area contributed by atoms with Crippen LogP contribution in [0.3, 0.4) is 0 Å². The zero-order valence-corrected chi connectivity index (χ0v) is 9.57. The van der Waals surface area contributed by atoms with Crippen molar-refractivity contribution in [3.05, 3.63) is 24.2 Å². The highest BCUT2D eigenvalue weighted by Crippen LogP contribution is 2.18. The molecule has 0 aliphatic rings. The Morgan fingerprint density at radius 2 is 2.38 bits per heavy atom. The standard InChI is InChI=1S/C10H13N3O2S/c11-4-2-6-16-7-9-12-10(15-13-9)8-3-1-5-14-8/h1,3,5H,2,4,6-7,11H2. The minimum absolute atomic E-state index is 0.430. The summed E-state index contributed by atoms with van der Waals surface area (Å²) in [5.74, 6) is 3.48. The third-order valence-electron chi connectivity index (χ3n) is 1.92. The van der Waals surface area contributed by atoms with Crippen LogP contribution in [0.2, 0.25) is 0 Å². The van der Waals surface area contributed by atoms with Crippen molar-refractivity contribution in [2.75, 3.05) is 12.3 Å². The maximum absolute atomic E-state index is 5.40. The van der Waals surface area contributed by atoms with Crippen LogP contribution in [0.4, 0.5) is 0 Å². The molecule has 16 heavy (non-hydrogen) atoms. The summed E-state index contributed by atoms with van der Waals surface area (Å²) in [7, 11) is 0. The summed E-state index contributed by atoms with van der Waals surface area (Å²) in [6.45, 7) is 0.719. The van der Waals surface area contributed by atoms with Crippen molar-refractivity contribution in [2.45, 2.75) is 12.2 Å². The van der Waals surface area contributed by atoms with Crippen LogP contribution < -0.4 is 5.73 Å². The van der Waals surface area contributed by atoms with Crippen LogP contribution >= 0.6 is 11.8 Å². The molecule has 86 valence electrons. The average Bonchev–Trinajstić information content (AvgIpc) is 2.94. The largest absolute Gasteiger partial charge is 0.459 e. The van der Waals surface area contributed by atoms with E-state index in [0.29, 0.717) is 17.5 Å². The Bertz CT molecular complexity index is 413.